The van der Waals surface area contributed by atoms with E-state index in [9.17, 15) is 9.59 Å². The van der Waals surface area contributed by atoms with Crippen molar-refractivity contribution in [2.75, 3.05) is 5.32 Å². The van der Waals surface area contributed by atoms with Crippen LogP contribution in [0.4, 0.5) is 5.69 Å². The molecule has 1 amide bonds. The van der Waals surface area contributed by atoms with Gasteiger partial charge in [-0.15, -0.1) is 0 Å². The molecule has 21 heavy (non-hydrogen) atoms. The van der Waals surface area contributed by atoms with Crippen LogP contribution < -0.4 is 10.9 Å². The number of H-pyrrole nitrogens is 1. The van der Waals surface area contributed by atoms with Gasteiger partial charge in [0.1, 0.15) is 5.82 Å². The highest BCUT2D eigenvalue weighted by Gasteiger charge is 2.10. The van der Waals surface area contributed by atoms with E-state index in [2.05, 4.69) is 15.3 Å². The normalized spacial score (nSPS) is 10.4. The number of carbonyl (C=O) groups excluding carboxylic acids is 1. The molecule has 0 saturated heterocycles. The number of aromatic amines is 1. The van der Waals surface area contributed by atoms with Gasteiger partial charge in [-0.2, -0.15) is 0 Å². The third kappa shape index (κ3) is 4.16. The lowest BCUT2D eigenvalue weighted by atomic mass is 10.1. The monoisotopic (exact) mass is 305 g/mol. The Hall–Kier alpha value is -2.14. The zero-order chi connectivity index (χ0) is 15.4. The van der Waals surface area contributed by atoms with Gasteiger partial charge in [-0.25, -0.2) is 4.98 Å². The predicted molar refractivity (Wildman–Crippen MR) is 82.7 cm³/mol. The van der Waals surface area contributed by atoms with Crippen LogP contribution in [0.5, 0.6) is 0 Å². The standard InChI is InChI=1S/C15H16ClN3O2/c1-9-13(15(21)18-10(2)17-9)6-7-14(20)19-12-5-3-4-11(16)8-12/h3-5,8H,6-7H2,1-2H3,(H,19,20)(H,17,18,21). The average molecular weight is 306 g/mol. The molecule has 1 heterocycles. The Balaban J connectivity index is 2.00. The molecule has 0 atom stereocenters. The number of anilines is 1. The molecule has 0 aliphatic heterocycles. The summed E-state index contributed by atoms with van der Waals surface area (Å²) in [7, 11) is 0. The molecule has 0 spiro atoms. The van der Waals surface area contributed by atoms with Gasteiger partial charge in [0.05, 0.1) is 0 Å². The van der Waals surface area contributed by atoms with Crippen LogP contribution in [0.25, 0.3) is 0 Å². The van der Waals surface area contributed by atoms with Crippen LogP contribution in [-0.2, 0) is 11.2 Å². The van der Waals surface area contributed by atoms with Gasteiger partial charge in [0.2, 0.25) is 5.91 Å². The molecule has 0 radical (unpaired) electrons. The Morgan fingerprint density at radius 2 is 2.14 bits per heavy atom. The van der Waals surface area contributed by atoms with E-state index in [1.165, 1.54) is 0 Å². The number of carbonyl (C=O) groups is 1. The molecular formula is C15H16ClN3O2. The lowest BCUT2D eigenvalue weighted by Crippen LogP contribution is -2.20. The fourth-order valence-corrected chi connectivity index (χ4v) is 2.26. The number of hydrogen-bond acceptors (Lipinski definition) is 3. The Morgan fingerprint density at radius 1 is 1.38 bits per heavy atom. The molecule has 110 valence electrons. The molecule has 5 nitrogen and oxygen atoms in total. The molecule has 0 unspecified atom stereocenters. The minimum absolute atomic E-state index is 0.170. The molecule has 2 aromatic rings. The number of hydrogen-bond donors (Lipinski definition) is 2. The summed E-state index contributed by atoms with van der Waals surface area (Å²) in [6.07, 6.45) is 0.558. The van der Waals surface area contributed by atoms with Crippen LogP contribution in [0.3, 0.4) is 0 Å². The first-order valence-electron chi connectivity index (χ1n) is 6.57. The van der Waals surface area contributed by atoms with Crippen molar-refractivity contribution in [3.05, 3.63) is 56.7 Å². The average Bonchev–Trinajstić information content (AvgIpc) is 2.37. The van der Waals surface area contributed by atoms with Crippen molar-refractivity contribution in [3.8, 4) is 0 Å². The van der Waals surface area contributed by atoms with Crippen molar-refractivity contribution in [3.63, 3.8) is 0 Å². The molecular weight excluding hydrogens is 290 g/mol. The maximum atomic E-state index is 11.9. The summed E-state index contributed by atoms with van der Waals surface area (Å²) < 4.78 is 0. The van der Waals surface area contributed by atoms with Gasteiger partial charge in [0.25, 0.3) is 5.56 Å². The number of nitrogens with one attached hydrogen (secondary N) is 2. The second-order valence-corrected chi connectivity index (χ2v) is 5.21. The Bertz CT molecular complexity index is 725. The molecule has 1 aromatic heterocycles. The Kier molecular flexibility index (Phi) is 4.75. The lowest BCUT2D eigenvalue weighted by molar-refractivity contribution is -0.116. The van der Waals surface area contributed by atoms with Gasteiger partial charge in [-0.3, -0.25) is 9.59 Å². The van der Waals surface area contributed by atoms with Gasteiger partial charge < -0.3 is 10.3 Å². The van der Waals surface area contributed by atoms with Gasteiger partial charge in [0.15, 0.2) is 0 Å². The first-order chi connectivity index (χ1) is 9.95. The van der Waals surface area contributed by atoms with Crippen LogP contribution in [0.2, 0.25) is 5.02 Å². The lowest BCUT2D eigenvalue weighted by Gasteiger charge is -2.07. The largest absolute Gasteiger partial charge is 0.326 e. The second kappa shape index (κ2) is 6.54. The Labute approximate surface area is 127 Å². The van der Waals surface area contributed by atoms with Gasteiger partial charge in [0, 0.05) is 28.4 Å². The highest BCUT2D eigenvalue weighted by molar-refractivity contribution is 6.30. The zero-order valence-electron chi connectivity index (χ0n) is 11.9. The van der Waals surface area contributed by atoms with E-state index in [4.69, 9.17) is 11.6 Å². The van der Waals surface area contributed by atoms with E-state index < -0.39 is 0 Å². The number of aryl methyl sites for hydroxylation is 2. The number of halogens is 1. The smallest absolute Gasteiger partial charge is 0.254 e. The summed E-state index contributed by atoms with van der Waals surface area (Å²) in [5, 5.41) is 3.31. The molecule has 6 heteroatoms. The van der Waals surface area contributed by atoms with Crippen LogP contribution in [0.15, 0.2) is 29.1 Å². The highest BCUT2D eigenvalue weighted by atomic mass is 35.5. The fourth-order valence-electron chi connectivity index (χ4n) is 2.07. The molecule has 0 aliphatic rings. The minimum Gasteiger partial charge on any atom is -0.326 e. The molecule has 1 aromatic carbocycles. The summed E-state index contributed by atoms with van der Waals surface area (Å²) in [4.78, 5) is 30.6. The summed E-state index contributed by atoms with van der Waals surface area (Å²) in [5.74, 6) is 0.404. The van der Waals surface area contributed by atoms with E-state index in [1.807, 2.05) is 0 Å². The van der Waals surface area contributed by atoms with Crippen molar-refractivity contribution >= 4 is 23.2 Å². The molecule has 0 bridgehead atoms. The number of benzene rings is 1. The van der Waals surface area contributed by atoms with Crippen molar-refractivity contribution in [2.45, 2.75) is 26.7 Å². The van der Waals surface area contributed by atoms with Gasteiger partial charge in [-0.1, -0.05) is 17.7 Å². The number of rotatable bonds is 4. The minimum atomic E-state index is -0.185. The maximum absolute atomic E-state index is 11.9. The van der Waals surface area contributed by atoms with Crippen LogP contribution in [0, 0.1) is 13.8 Å². The Morgan fingerprint density at radius 3 is 2.81 bits per heavy atom. The third-order valence-electron chi connectivity index (χ3n) is 3.05. The number of aromatic nitrogens is 2. The van der Waals surface area contributed by atoms with Gasteiger partial charge in [-0.05, 0) is 38.5 Å². The first kappa shape index (κ1) is 15.3. The molecule has 2 rings (SSSR count). The van der Waals surface area contributed by atoms with Gasteiger partial charge >= 0.3 is 0 Å². The van der Waals surface area contributed by atoms with E-state index >= 15 is 0 Å². The van der Waals surface area contributed by atoms with Crippen molar-refractivity contribution in [1.29, 1.82) is 0 Å². The zero-order valence-corrected chi connectivity index (χ0v) is 12.6. The summed E-state index contributed by atoms with van der Waals surface area (Å²) in [5.41, 5.74) is 1.66. The summed E-state index contributed by atoms with van der Waals surface area (Å²) in [6.45, 7) is 3.50. The molecule has 2 N–H and O–H groups in total. The van der Waals surface area contributed by atoms with Crippen molar-refractivity contribution in [1.82, 2.24) is 9.97 Å². The maximum Gasteiger partial charge on any atom is 0.254 e. The quantitative estimate of drug-likeness (QED) is 0.911. The third-order valence-corrected chi connectivity index (χ3v) is 3.29. The topological polar surface area (TPSA) is 74.8 Å². The first-order valence-corrected chi connectivity index (χ1v) is 6.95. The van der Waals surface area contributed by atoms with E-state index in [0.29, 0.717) is 34.2 Å². The SMILES string of the molecule is Cc1nc(C)c(CCC(=O)Nc2cccc(Cl)c2)c(=O)[nH]1. The van der Waals surface area contributed by atoms with E-state index in [-0.39, 0.29) is 17.9 Å². The van der Waals surface area contributed by atoms with Crippen molar-refractivity contribution in [2.24, 2.45) is 0 Å². The molecule has 0 fully saturated rings. The van der Waals surface area contributed by atoms with Crippen LogP contribution >= 0.6 is 11.6 Å². The molecule has 0 aliphatic carbocycles. The van der Waals surface area contributed by atoms with Crippen LogP contribution in [-0.4, -0.2) is 15.9 Å². The van der Waals surface area contributed by atoms with E-state index in [1.54, 1.807) is 38.1 Å². The number of amides is 1. The fraction of sp³-hybridized carbons (Fsp3) is 0.267. The summed E-state index contributed by atoms with van der Waals surface area (Å²) >= 11 is 5.85. The number of nitrogens with zero attached hydrogens (tertiary/aromatic N) is 1. The second-order valence-electron chi connectivity index (χ2n) is 4.77. The summed E-state index contributed by atoms with van der Waals surface area (Å²) in [6, 6.07) is 6.93. The van der Waals surface area contributed by atoms with E-state index in [0.717, 1.165) is 0 Å². The molecule has 0 saturated carbocycles. The highest BCUT2D eigenvalue weighted by Crippen LogP contribution is 2.15. The van der Waals surface area contributed by atoms with Crippen molar-refractivity contribution < 1.29 is 4.79 Å². The van der Waals surface area contributed by atoms with Crippen LogP contribution in [0.1, 0.15) is 23.5 Å². The predicted octanol–water partition coefficient (Wildman–Crippen LogP) is 2.61.